The van der Waals surface area contributed by atoms with Crippen LogP contribution in [0.4, 0.5) is 4.39 Å². The van der Waals surface area contributed by atoms with Crippen LogP contribution in [0.1, 0.15) is 35.7 Å². The zero-order valence-electron chi connectivity index (χ0n) is 11.9. The van der Waals surface area contributed by atoms with Crippen LogP contribution < -0.4 is 10.1 Å². The molecule has 2 aromatic rings. The highest BCUT2D eigenvalue weighted by Crippen LogP contribution is 2.29. The largest absolute Gasteiger partial charge is 0.494 e. The van der Waals surface area contributed by atoms with Crippen molar-refractivity contribution in [3.63, 3.8) is 0 Å². The van der Waals surface area contributed by atoms with Gasteiger partial charge >= 0.3 is 0 Å². The first-order valence-corrected chi connectivity index (χ1v) is 7.53. The Balaban J connectivity index is 2.41. The third-order valence-corrected chi connectivity index (χ3v) is 3.85. The summed E-state index contributed by atoms with van der Waals surface area (Å²) in [6.45, 7) is 4.84. The average molecular weight is 294 g/mol. The van der Waals surface area contributed by atoms with Crippen molar-refractivity contribution in [2.75, 3.05) is 13.7 Å². The van der Waals surface area contributed by atoms with Crippen molar-refractivity contribution < 1.29 is 9.13 Å². The third-order valence-electron chi connectivity index (χ3n) is 3.06. The van der Waals surface area contributed by atoms with E-state index in [0.717, 1.165) is 23.7 Å². The summed E-state index contributed by atoms with van der Waals surface area (Å²) in [5.41, 5.74) is 1.43. The molecule has 1 aromatic carbocycles. The standard InChI is InChI=1S/C15H19FN2OS/c1-4-8-17-15(12-9-20-10(2)18-12)11-6-5-7-13(19-3)14(11)16/h5-7,9,15,17H,4,8H2,1-3H3. The van der Waals surface area contributed by atoms with E-state index in [-0.39, 0.29) is 17.6 Å². The molecule has 0 bridgehead atoms. The van der Waals surface area contributed by atoms with E-state index in [9.17, 15) is 4.39 Å². The summed E-state index contributed by atoms with van der Waals surface area (Å²) in [5.74, 6) is -0.0630. The van der Waals surface area contributed by atoms with Crippen LogP contribution in [0.15, 0.2) is 23.6 Å². The number of nitrogens with zero attached hydrogens (tertiary/aromatic N) is 1. The van der Waals surface area contributed by atoms with Crippen molar-refractivity contribution in [3.05, 3.63) is 45.7 Å². The number of aromatic nitrogens is 1. The van der Waals surface area contributed by atoms with Gasteiger partial charge in [-0.1, -0.05) is 19.1 Å². The number of halogens is 1. The van der Waals surface area contributed by atoms with Crippen LogP contribution in [0.5, 0.6) is 5.75 Å². The molecule has 0 amide bonds. The van der Waals surface area contributed by atoms with Crippen LogP contribution in [0.3, 0.4) is 0 Å². The monoisotopic (exact) mass is 294 g/mol. The zero-order valence-corrected chi connectivity index (χ0v) is 12.8. The minimum Gasteiger partial charge on any atom is -0.494 e. The number of ether oxygens (including phenoxy) is 1. The highest BCUT2D eigenvalue weighted by atomic mass is 32.1. The second kappa shape index (κ2) is 6.81. The molecule has 1 N–H and O–H groups in total. The van der Waals surface area contributed by atoms with E-state index >= 15 is 0 Å². The van der Waals surface area contributed by atoms with Gasteiger partial charge < -0.3 is 10.1 Å². The Hall–Kier alpha value is -1.46. The summed E-state index contributed by atoms with van der Waals surface area (Å²) in [6, 6.07) is 4.97. The molecule has 2 rings (SSSR count). The van der Waals surface area contributed by atoms with E-state index < -0.39 is 0 Å². The van der Waals surface area contributed by atoms with Crippen molar-refractivity contribution in [1.29, 1.82) is 0 Å². The molecular weight excluding hydrogens is 275 g/mol. The molecule has 0 aliphatic carbocycles. The van der Waals surface area contributed by atoms with E-state index in [1.807, 2.05) is 12.3 Å². The van der Waals surface area contributed by atoms with E-state index in [1.165, 1.54) is 7.11 Å². The molecule has 108 valence electrons. The van der Waals surface area contributed by atoms with E-state index in [1.54, 1.807) is 29.5 Å². The molecule has 5 heteroatoms. The Morgan fingerprint density at radius 1 is 1.45 bits per heavy atom. The van der Waals surface area contributed by atoms with Gasteiger partial charge in [-0.3, -0.25) is 0 Å². The van der Waals surface area contributed by atoms with Crippen LogP contribution >= 0.6 is 11.3 Å². The van der Waals surface area contributed by atoms with Crippen LogP contribution in [0.25, 0.3) is 0 Å². The lowest BCUT2D eigenvalue weighted by atomic mass is 10.0. The molecular formula is C15H19FN2OS. The number of methoxy groups -OCH3 is 1. The molecule has 1 heterocycles. The molecule has 3 nitrogen and oxygen atoms in total. The van der Waals surface area contributed by atoms with Gasteiger partial charge in [0.2, 0.25) is 0 Å². The average Bonchev–Trinajstić information content (AvgIpc) is 2.87. The Morgan fingerprint density at radius 3 is 2.85 bits per heavy atom. The minimum atomic E-state index is -0.325. The summed E-state index contributed by atoms with van der Waals surface area (Å²) in [5, 5.41) is 6.31. The Bertz CT molecular complexity index is 571. The fourth-order valence-electron chi connectivity index (χ4n) is 2.08. The smallest absolute Gasteiger partial charge is 0.170 e. The summed E-state index contributed by atoms with van der Waals surface area (Å²) in [4.78, 5) is 4.49. The first-order valence-electron chi connectivity index (χ1n) is 6.65. The molecule has 0 saturated heterocycles. The fraction of sp³-hybridized carbons (Fsp3) is 0.400. The second-order valence-electron chi connectivity index (χ2n) is 4.54. The van der Waals surface area contributed by atoms with E-state index in [0.29, 0.717) is 5.56 Å². The summed E-state index contributed by atoms with van der Waals surface area (Å²) in [7, 11) is 1.48. The number of hydrogen-bond donors (Lipinski definition) is 1. The van der Waals surface area contributed by atoms with Crippen molar-refractivity contribution in [1.82, 2.24) is 10.3 Å². The van der Waals surface area contributed by atoms with E-state index in [2.05, 4.69) is 17.2 Å². The molecule has 0 fully saturated rings. The van der Waals surface area contributed by atoms with Gasteiger partial charge in [-0.15, -0.1) is 11.3 Å². The van der Waals surface area contributed by atoms with Gasteiger partial charge in [-0.05, 0) is 26.0 Å². The lowest BCUT2D eigenvalue weighted by Crippen LogP contribution is -2.24. The third kappa shape index (κ3) is 3.16. The quantitative estimate of drug-likeness (QED) is 0.882. The number of hydrogen-bond acceptors (Lipinski definition) is 4. The maximum absolute atomic E-state index is 14.5. The number of benzene rings is 1. The van der Waals surface area contributed by atoms with Gasteiger partial charge in [0.15, 0.2) is 11.6 Å². The SMILES string of the molecule is CCCNC(c1csc(C)n1)c1cccc(OC)c1F. The number of thiazole rings is 1. The maximum atomic E-state index is 14.5. The van der Waals surface area contributed by atoms with Crippen LogP contribution in [-0.4, -0.2) is 18.6 Å². The van der Waals surface area contributed by atoms with Crippen molar-refractivity contribution >= 4 is 11.3 Å². The molecule has 0 aliphatic heterocycles. The Morgan fingerprint density at radius 2 is 2.25 bits per heavy atom. The van der Waals surface area contributed by atoms with Crippen molar-refractivity contribution in [2.24, 2.45) is 0 Å². The number of rotatable bonds is 6. The van der Waals surface area contributed by atoms with Crippen LogP contribution in [0, 0.1) is 12.7 Å². The first-order chi connectivity index (χ1) is 9.67. The molecule has 1 unspecified atom stereocenters. The molecule has 1 atom stereocenters. The molecule has 20 heavy (non-hydrogen) atoms. The normalized spacial score (nSPS) is 12.4. The highest BCUT2D eigenvalue weighted by molar-refractivity contribution is 7.09. The summed E-state index contributed by atoms with van der Waals surface area (Å²) < 4.78 is 19.5. The Labute approximate surface area is 122 Å². The summed E-state index contributed by atoms with van der Waals surface area (Å²) in [6.07, 6.45) is 0.977. The number of aryl methyl sites for hydroxylation is 1. The Kier molecular flexibility index (Phi) is 5.09. The molecule has 0 radical (unpaired) electrons. The zero-order chi connectivity index (χ0) is 14.5. The topological polar surface area (TPSA) is 34.2 Å². The second-order valence-corrected chi connectivity index (χ2v) is 5.60. The minimum absolute atomic E-state index is 0.241. The molecule has 1 aromatic heterocycles. The highest BCUT2D eigenvalue weighted by Gasteiger charge is 2.21. The predicted octanol–water partition coefficient (Wildman–Crippen LogP) is 3.69. The van der Waals surface area contributed by atoms with Crippen LogP contribution in [0.2, 0.25) is 0 Å². The van der Waals surface area contributed by atoms with Gasteiger partial charge in [0.1, 0.15) is 0 Å². The molecule has 0 saturated carbocycles. The lowest BCUT2D eigenvalue weighted by molar-refractivity contribution is 0.381. The van der Waals surface area contributed by atoms with Gasteiger partial charge in [-0.25, -0.2) is 9.37 Å². The van der Waals surface area contributed by atoms with Gasteiger partial charge in [0.25, 0.3) is 0 Å². The van der Waals surface area contributed by atoms with Crippen molar-refractivity contribution in [2.45, 2.75) is 26.3 Å². The molecule has 0 aliphatic rings. The first kappa shape index (κ1) is 14.9. The van der Waals surface area contributed by atoms with Crippen LogP contribution in [-0.2, 0) is 0 Å². The van der Waals surface area contributed by atoms with E-state index in [4.69, 9.17) is 4.74 Å². The molecule has 0 spiro atoms. The maximum Gasteiger partial charge on any atom is 0.170 e. The number of nitrogens with one attached hydrogen (secondary N) is 1. The fourth-order valence-corrected chi connectivity index (χ4v) is 2.72. The lowest BCUT2D eigenvalue weighted by Gasteiger charge is -2.18. The van der Waals surface area contributed by atoms with Gasteiger partial charge in [0.05, 0.1) is 23.9 Å². The van der Waals surface area contributed by atoms with Crippen molar-refractivity contribution in [3.8, 4) is 5.75 Å². The summed E-state index contributed by atoms with van der Waals surface area (Å²) >= 11 is 1.57. The predicted molar refractivity (Wildman–Crippen MR) is 79.9 cm³/mol. The van der Waals surface area contributed by atoms with Gasteiger partial charge in [-0.2, -0.15) is 0 Å². The van der Waals surface area contributed by atoms with Gasteiger partial charge in [0, 0.05) is 10.9 Å².